The first kappa shape index (κ1) is 9.06. The summed E-state index contributed by atoms with van der Waals surface area (Å²) in [7, 11) is 3.46. The zero-order valence-corrected chi connectivity index (χ0v) is 8.41. The summed E-state index contributed by atoms with van der Waals surface area (Å²) in [5.41, 5.74) is 2.23. The number of carbonyl (C=O) groups is 1. The largest absolute Gasteiger partial charge is 0.496 e. The Kier molecular flexibility index (Phi) is 2.15. The van der Waals surface area contributed by atoms with Crippen LogP contribution >= 0.6 is 0 Å². The van der Waals surface area contributed by atoms with Crippen molar-refractivity contribution < 1.29 is 9.53 Å². The van der Waals surface area contributed by atoms with Crippen molar-refractivity contribution in [3.05, 3.63) is 29.3 Å². The highest BCUT2D eigenvalue weighted by Gasteiger charge is 2.22. The number of hydrogen-bond donors (Lipinski definition) is 0. The van der Waals surface area contributed by atoms with Gasteiger partial charge in [-0.1, -0.05) is 12.1 Å². The second-order valence-electron chi connectivity index (χ2n) is 3.52. The first-order valence-corrected chi connectivity index (χ1v) is 4.61. The Bertz CT molecular complexity index is 374. The molecule has 1 aliphatic rings. The molecule has 3 nitrogen and oxygen atoms in total. The van der Waals surface area contributed by atoms with Crippen LogP contribution in [0.15, 0.2) is 18.2 Å². The van der Waals surface area contributed by atoms with Gasteiger partial charge >= 0.3 is 0 Å². The van der Waals surface area contributed by atoms with E-state index in [4.69, 9.17) is 4.74 Å². The number of likely N-dealkylation sites (N-methyl/N-ethyl adjacent to an activating group) is 1. The number of rotatable bonds is 1. The Morgan fingerprint density at radius 3 is 2.93 bits per heavy atom. The van der Waals surface area contributed by atoms with E-state index in [2.05, 4.69) is 0 Å². The van der Waals surface area contributed by atoms with E-state index in [-0.39, 0.29) is 5.91 Å². The van der Waals surface area contributed by atoms with Crippen LogP contribution in [-0.2, 0) is 17.8 Å². The lowest BCUT2D eigenvalue weighted by atomic mass is 9.98. The Morgan fingerprint density at radius 1 is 1.43 bits per heavy atom. The van der Waals surface area contributed by atoms with Gasteiger partial charge in [-0.05, 0) is 11.6 Å². The van der Waals surface area contributed by atoms with E-state index in [0.29, 0.717) is 13.0 Å². The third-order valence-electron chi connectivity index (χ3n) is 2.61. The topological polar surface area (TPSA) is 29.5 Å². The predicted octanol–water partition coefficient (Wildman–Crippen LogP) is 1.21. The van der Waals surface area contributed by atoms with Gasteiger partial charge < -0.3 is 9.64 Å². The van der Waals surface area contributed by atoms with E-state index >= 15 is 0 Å². The van der Waals surface area contributed by atoms with Gasteiger partial charge in [-0.15, -0.1) is 0 Å². The highest BCUT2D eigenvalue weighted by molar-refractivity contribution is 5.81. The fraction of sp³-hybridized carbons (Fsp3) is 0.364. The summed E-state index contributed by atoms with van der Waals surface area (Å²) < 4.78 is 5.23. The first-order chi connectivity index (χ1) is 6.72. The van der Waals surface area contributed by atoms with Crippen molar-refractivity contribution in [2.45, 2.75) is 13.0 Å². The molecule has 1 aliphatic heterocycles. The molecule has 0 spiro atoms. The van der Waals surface area contributed by atoms with Crippen LogP contribution in [0.3, 0.4) is 0 Å². The number of carbonyl (C=O) groups excluding carboxylic acids is 1. The SMILES string of the molecule is COc1cccc2c1CC(=O)N(C)C2. The number of nitrogens with zero attached hydrogens (tertiary/aromatic N) is 1. The summed E-state index contributed by atoms with van der Waals surface area (Å²) in [6.45, 7) is 0.686. The molecular formula is C11H13NO2. The minimum absolute atomic E-state index is 0.155. The molecule has 0 saturated carbocycles. The maximum Gasteiger partial charge on any atom is 0.227 e. The molecule has 3 heteroatoms. The smallest absolute Gasteiger partial charge is 0.227 e. The molecule has 0 unspecified atom stereocenters. The van der Waals surface area contributed by atoms with Gasteiger partial charge in [-0.3, -0.25) is 4.79 Å². The molecule has 0 aromatic heterocycles. The van der Waals surface area contributed by atoms with Crippen LogP contribution in [0.2, 0.25) is 0 Å². The van der Waals surface area contributed by atoms with Crippen LogP contribution in [0.1, 0.15) is 11.1 Å². The number of methoxy groups -OCH3 is 1. The number of fused-ring (bicyclic) bond motifs is 1. The van der Waals surface area contributed by atoms with Crippen molar-refractivity contribution in [1.29, 1.82) is 0 Å². The van der Waals surface area contributed by atoms with Crippen LogP contribution in [0.4, 0.5) is 0 Å². The molecule has 1 amide bonds. The van der Waals surface area contributed by atoms with Gasteiger partial charge in [0.15, 0.2) is 0 Å². The Hall–Kier alpha value is -1.51. The molecule has 0 saturated heterocycles. The molecule has 0 aliphatic carbocycles. The van der Waals surface area contributed by atoms with E-state index in [1.165, 1.54) is 5.56 Å². The highest BCUT2D eigenvalue weighted by atomic mass is 16.5. The van der Waals surface area contributed by atoms with Crippen LogP contribution in [0.25, 0.3) is 0 Å². The van der Waals surface area contributed by atoms with Crippen molar-refractivity contribution in [3.63, 3.8) is 0 Å². The highest BCUT2D eigenvalue weighted by Crippen LogP contribution is 2.27. The van der Waals surface area contributed by atoms with E-state index in [0.717, 1.165) is 11.3 Å². The summed E-state index contributed by atoms with van der Waals surface area (Å²) in [5, 5.41) is 0. The third kappa shape index (κ3) is 1.35. The number of amides is 1. The minimum atomic E-state index is 0.155. The maximum absolute atomic E-state index is 11.5. The van der Waals surface area contributed by atoms with E-state index < -0.39 is 0 Å². The molecule has 1 aromatic rings. The second kappa shape index (κ2) is 3.33. The van der Waals surface area contributed by atoms with Crippen molar-refractivity contribution in [2.75, 3.05) is 14.2 Å². The molecular weight excluding hydrogens is 178 g/mol. The van der Waals surface area contributed by atoms with Gasteiger partial charge in [0.2, 0.25) is 5.91 Å². The molecule has 0 fully saturated rings. The Morgan fingerprint density at radius 2 is 2.21 bits per heavy atom. The summed E-state index contributed by atoms with van der Waals surface area (Å²) in [5.74, 6) is 0.978. The second-order valence-corrected chi connectivity index (χ2v) is 3.52. The summed E-state index contributed by atoms with van der Waals surface area (Å²) in [4.78, 5) is 13.2. The first-order valence-electron chi connectivity index (χ1n) is 4.61. The quantitative estimate of drug-likeness (QED) is 0.667. The van der Waals surface area contributed by atoms with Gasteiger partial charge in [0.25, 0.3) is 0 Å². The van der Waals surface area contributed by atoms with Gasteiger partial charge in [0.05, 0.1) is 13.5 Å². The minimum Gasteiger partial charge on any atom is -0.496 e. The average Bonchev–Trinajstić information content (AvgIpc) is 2.19. The van der Waals surface area contributed by atoms with E-state index in [9.17, 15) is 4.79 Å². The Balaban J connectivity index is 2.46. The van der Waals surface area contributed by atoms with Crippen LogP contribution in [0.5, 0.6) is 5.75 Å². The zero-order valence-electron chi connectivity index (χ0n) is 8.41. The average molecular weight is 191 g/mol. The van der Waals surface area contributed by atoms with Crippen molar-refractivity contribution >= 4 is 5.91 Å². The molecule has 0 atom stereocenters. The van der Waals surface area contributed by atoms with Gasteiger partial charge in [-0.25, -0.2) is 0 Å². The molecule has 2 rings (SSSR count). The van der Waals surface area contributed by atoms with Crippen molar-refractivity contribution in [3.8, 4) is 5.75 Å². The Labute approximate surface area is 83.3 Å². The number of ether oxygens (including phenoxy) is 1. The van der Waals surface area contributed by atoms with Crippen molar-refractivity contribution in [1.82, 2.24) is 4.90 Å². The van der Waals surface area contributed by atoms with E-state index in [1.807, 2.05) is 25.2 Å². The van der Waals surface area contributed by atoms with Gasteiger partial charge in [-0.2, -0.15) is 0 Å². The molecule has 0 radical (unpaired) electrons. The molecule has 14 heavy (non-hydrogen) atoms. The normalized spacial score (nSPS) is 15.3. The van der Waals surface area contributed by atoms with E-state index in [1.54, 1.807) is 12.0 Å². The lowest BCUT2D eigenvalue weighted by molar-refractivity contribution is -0.130. The van der Waals surface area contributed by atoms with Crippen LogP contribution in [-0.4, -0.2) is 25.0 Å². The van der Waals surface area contributed by atoms with Crippen LogP contribution < -0.4 is 4.74 Å². The molecule has 1 heterocycles. The standard InChI is InChI=1S/C11H13NO2/c1-12-7-8-4-3-5-10(14-2)9(8)6-11(12)13/h3-5H,6-7H2,1-2H3. The lowest BCUT2D eigenvalue weighted by Gasteiger charge is -2.26. The lowest BCUT2D eigenvalue weighted by Crippen LogP contribution is -2.32. The summed E-state index contributed by atoms with van der Waals surface area (Å²) >= 11 is 0. The molecule has 1 aromatic carbocycles. The fourth-order valence-electron chi connectivity index (χ4n) is 1.78. The number of benzene rings is 1. The molecule has 0 bridgehead atoms. The summed E-state index contributed by atoms with van der Waals surface area (Å²) in [6, 6.07) is 5.90. The number of hydrogen-bond acceptors (Lipinski definition) is 2. The van der Waals surface area contributed by atoms with Gasteiger partial charge in [0.1, 0.15) is 5.75 Å². The van der Waals surface area contributed by atoms with Gasteiger partial charge in [0, 0.05) is 19.2 Å². The van der Waals surface area contributed by atoms with Crippen molar-refractivity contribution in [2.24, 2.45) is 0 Å². The maximum atomic E-state index is 11.5. The molecule has 0 N–H and O–H groups in total. The summed E-state index contributed by atoms with van der Waals surface area (Å²) in [6.07, 6.45) is 0.454. The predicted molar refractivity (Wildman–Crippen MR) is 53.2 cm³/mol. The van der Waals surface area contributed by atoms with Crippen LogP contribution in [0, 0.1) is 0 Å². The third-order valence-corrected chi connectivity index (χ3v) is 2.61. The fourth-order valence-corrected chi connectivity index (χ4v) is 1.78. The monoisotopic (exact) mass is 191 g/mol. The zero-order chi connectivity index (χ0) is 10.1. The molecule has 74 valence electrons.